The lowest BCUT2D eigenvalue weighted by Gasteiger charge is -2.21. The Morgan fingerprint density at radius 3 is 2.83 bits per heavy atom. The molecule has 1 fully saturated rings. The largest absolute Gasteiger partial charge is 0.480 e. The van der Waals surface area contributed by atoms with Crippen LogP contribution in [0.3, 0.4) is 0 Å². The van der Waals surface area contributed by atoms with E-state index in [2.05, 4.69) is 4.98 Å². The number of nitrogens with zero attached hydrogens (tertiary/aromatic N) is 3. The number of likely N-dealkylation sites (tertiary alicyclic amines) is 1. The first kappa shape index (κ1) is 17.7. The highest BCUT2D eigenvalue weighted by Gasteiger charge is 2.32. The van der Waals surface area contributed by atoms with Gasteiger partial charge in [-0.1, -0.05) is 6.07 Å². The van der Waals surface area contributed by atoms with E-state index in [0.717, 1.165) is 18.1 Å². The van der Waals surface area contributed by atoms with Crippen molar-refractivity contribution >= 4 is 22.7 Å². The first-order valence-electron chi connectivity index (χ1n) is 9.31. The molecule has 0 aliphatic carbocycles. The maximum atomic E-state index is 13.6. The van der Waals surface area contributed by atoms with Crippen LogP contribution < -0.4 is 5.56 Å². The fraction of sp³-hybridized carbons (Fsp3) is 0.238. The molecular formula is C21H16FN3O4. The first-order chi connectivity index (χ1) is 13.9. The smallest absolute Gasteiger partial charge is 0.320 e. The first-order valence-corrected chi connectivity index (χ1v) is 9.31. The lowest BCUT2D eigenvalue weighted by Crippen LogP contribution is -2.35. The summed E-state index contributed by atoms with van der Waals surface area (Å²) in [6.07, 6.45) is 1.42. The number of aliphatic carboxylic acids is 1. The second-order valence-corrected chi connectivity index (χ2v) is 7.38. The summed E-state index contributed by atoms with van der Waals surface area (Å²) in [6.45, 7) is 1.10. The van der Waals surface area contributed by atoms with Crippen LogP contribution in [-0.2, 0) is 11.3 Å². The third-order valence-electron chi connectivity index (χ3n) is 5.61. The van der Waals surface area contributed by atoms with E-state index in [9.17, 15) is 23.9 Å². The van der Waals surface area contributed by atoms with Crippen molar-refractivity contribution < 1.29 is 19.1 Å². The van der Waals surface area contributed by atoms with E-state index in [1.165, 1.54) is 16.7 Å². The van der Waals surface area contributed by atoms with E-state index in [1.807, 2.05) is 4.90 Å². The number of carbonyl (C=O) groups is 2. The van der Waals surface area contributed by atoms with Gasteiger partial charge in [0.1, 0.15) is 11.9 Å². The number of carboxylic acid groups (broad SMARTS) is 1. The summed E-state index contributed by atoms with van der Waals surface area (Å²) >= 11 is 0. The fourth-order valence-electron chi connectivity index (χ4n) is 4.24. The molecule has 3 aromatic rings. The Morgan fingerprint density at radius 1 is 1.21 bits per heavy atom. The van der Waals surface area contributed by atoms with E-state index in [1.54, 1.807) is 18.2 Å². The van der Waals surface area contributed by atoms with Crippen LogP contribution >= 0.6 is 0 Å². The van der Waals surface area contributed by atoms with Crippen LogP contribution in [0.25, 0.3) is 16.6 Å². The molecule has 0 amide bonds. The molecule has 1 N–H and O–H groups in total. The standard InChI is InChI=1S/C21H16FN3O4/c22-12-4-6-16-14(9-12)18(26)19-23-15-5-3-11(8-13(15)20(27)25(16)19)10-24-7-1-2-17(24)21(28)29/h3-6,8-9,17H,1-2,7,10H2,(H,28,29). The third kappa shape index (κ3) is 2.67. The predicted octanol–water partition coefficient (Wildman–Crippen LogP) is 2.12. The molecule has 1 unspecified atom stereocenters. The lowest BCUT2D eigenvalue weighted by molar-refractivity contribution is -0.142. The Hall–Kier alpha value is -3.39. The molecule has 1 saturated heterocycles. The number of fused-ring (bicyclic) bond motifs is 4. The second-order valence-electron chi connectivity index (χ2n) is 7.38. The van der Waals surface area contributed by atoms with Gasteiger partial charge >= 0.3 is 5.97 Å². The summed E-state index contributed by atoms with van der Waals surface area (Å²) < 4.78 is 14.8. The lowest BCUT2D eigenvalue weighted by atomic mass is 10.1. The molecule has 8 heteroatoms. The van der Waals surface area contributed by atoms with Gasteiger partial charge in [-0.2, -0.15) is 0 Å². The zero-order valence-electron chi connectivity index (χ0n) is 15.3. The predicted molar refractivity (Wildman–Crippen MR) is 102 cm³/mol. The summed E-state index contributed by atoms with van der Waals surface area (Å²) in [6, 6.07) is 8.34. The highest BCUT2D eigenvalue weighted by atomic mass is 19.1. The Labute approximate surface area is 164 Å². The molecule has 0 saturated carbocycles. The number of benzene rings is 2. The number of ketones is 1. The number of halogens is 1. The molecule has 5 rings (SSSR count). The molecule has 146 valence electrons. The molecule has 7 nitrogen and oxygen atoms in total. The van der Waals surface area contributed by atoms with E-state index < -0.39 is 29.2 Å². The van der Waals surface area contributed by atoms with Crippen molar-refractivity contribution in [3.8, 4) is 5.69 Å². The minimum absolute atomic E-state index is 0.0265. The maximum Gasteiger partial charge on any atom is 0.320 e. The summed E-state index contributed by atoms with van der Waals surface area (Å²) in [5, 5.41) is 9.69. The minimum atomic E-state index is -0.842. The van der Waals surface area contributed by atoms with E-state index >= 15 is 0 Å². The van der Waals surface area contributed by atoms with Crippen molar-refractivity contribution in [1.82, 2.24) is 14.5 Å². The number of rotatable bonds is 3. The summed E-state index contributed by atoms with van der Waals surface area (Å²) in [7, 11) is 0. The van der Waals surface area contributed by atoms with Gasteiger partial charge in [0.05, 0.1) is 22.2 Å². The van der Waals surface area contributed by atoms with E-state index in [4.69, 9.17) is 0 Å². The minimum Gasteiger partial charge on any atom is -0.480 e. The zero-order valence-corrected chi connectivity index (χ0v) is 15.3. The number of hydrogen-bond acceptors (Lipinski definition) is 5. The molecule has 0 radical (unpaired) electrons. The van der Waals surface area contributed by atoms with Gasteiger partial charge in [-0.05, 0) is 55.3 Å². The normalized spacial score (nSPS) is 18.2. The molecule has 0 bridgehead atoms. The van der Waals surface area contributed by atoms with Crippen LogP contribution in [0.15, 0.2) is 41.2 Å². The second kappa shape index (κ2) is 6.31. The topological polar surface area (TPSA) is 92.5 Å². The van der Waals surface area contributed by atoms with Gasteiger partial charge in [0.2, 0.25) is 5.78 Å². The molecule has 1 aromatic heterocycles. The number of hydrogen-bond donors (Lipinski definition) is 1. The SMILES string of the molecule is O=C1c2cc(F)ccc2-n2c1nc1ccc(CN3CCCC3C(=O)O)cc1c2=O. The number of carboxylic acids is 1. The van der Waals surface area contributed by atoms with Gasteiger partial charge in [0, 0.05) is 6.54 Å². The molecule has 0 spiro atoms. The van der Waals surface area contributed by atoms with Crippen molar-refractivity contribution in [2.45, 2.75) is 25.4 Å². The van der Waals surface area contributed by atoms with Crippen LogP contribution in [0.2, 0.25) is 0 Å². The Bertz CT molecular complexity index is 1270. The van der Waals surface area contributed by atoms with Crippen LogP contribution in [0, 0.1) is 5.82 Å². The maximum absolute atomic E-state index is 13.6. The van der Waals surface area contributed by atoms with Gasteiger partial charge in [0.25, 0.3) is 5.56 Å². The zero-order chi connectivity index (χ0) is 20.3. The summed E-state index contributed by atoms with van der Waals surface area (Å²) in [5.74, 6) is -1.90. The summed E-state index contributed by atoms with van der Waals surface area (Å²) in [4.78, 5) is 43.4. The van der Waals surface area contributed by atoms with E-state index in [0.29, 0.717) is 36.1 Å². The van der Waals surface area contributed by atoms with Crippen LogP contribution in [0.4, 0.5) is 4.39 Å². The monoisotopic (exact) mass is 393 g/mol. The average molecular weight is 393 g/mol. The van der Waals surface area contributed by atoms with Gasteiger partial charge < -0.3 is 5.11 Å². The molecular weight excluding hydrogens is 377 g/mol. The Morgan fingerprint density at radius 2 is 2.03 bits per heavy atom. The van der Waals surface area contributed by atoms with Crippen molar-refractivity contribution in [3.05, 3.63) is 69.5 Å². The third-order valence-corrected chi connectivity index (χ3v) is 5.61. The van der Waals surface area contributed by atoms with Crippen molar-refractivity contribution in [3.63, 3.8) is 0 Å². The van der Waals surface area contributed by atoms with Crippen molar-refractivity contribution in [2.24, 2.45) is 0 Å². The van der Waals surface area contributed by atoms with Crippen molar-refractivity contribution in [1.29, 1.82) is 0 Å². The highest BCUT2D eigenvalue weighted by Crippen LogP contribution is 2.27. The average Bonchev–Trinajstić information content (AvgIpc) is 3.26. The summed E-state index contributed by atoms with van der Waals surface area (Å²) in [5.41, 5.74) is 1.21. The molecule has 2 aliphatic rings. The van der Waals surface area contributed by atoms with Gasteiger partial charge in [0.15, 0.2) is 5.82 Å². The van der Waals surface area contributed by atoms with Crippen LogP contribution in [0.1, 0.15) is 34.6 Å². The van der Waals surface area contributed by atoms with Crippen LogP contribution in [0.5, 0.6) is 0 Å². The van der Waals surface area contributed by atoms with Crippen molar-refractivity contribution in [2.75, 3.05) is 6.54 Å². The molecule has 1 atom stereocenters. The Kier molecular flexibility index (Phi) is 3.85. The van der Waals surface area contributed by atoms with E-state index in [-0.39, 0.29) is 11.4 Å². The van der Waals surface area contributed by atoms with Crippen LogP contribution in [-0.4, -0.2) is 43.9 Å². The molecule has 2 aliphatic heterocycles. The number of carbonyl (C=O) groups excluding carboxylic acids is 1. The molecule has 2 aromatic carbocycles. The Balaban J connectivity index is 1.61. The number of aromatic nitrogens is 2. The molecule has 29 heavy (non-hydrogen) atoms. The quantitative estimate of drug-likeness (QED) is 0.573. The van der Waals surface area contributed by atoms with Gasteiger partial charge in [-0.3, -0.25) is 23.9 Å². The fourth-order valence-corrected chi connectivity index (χ4v) is 4.24. The molecule has 3 heterocycles. The van der Waals surface area contributed by atoms with Gasteiger partial charge in [-0.25, -0.2) is 9.37 Å². The highest BCUT2D eigenvalue weighted by molar-refractivity contribution is 6.13. The van der Waals surface area contributed by atoms with Gasteiger partial charge in [-0.15, -0.1) is 0 Å².